The Morgan fingerprint density at radius 3 is 2.49 bits per heavy atom. The molecule has 2 heterocycles. The molecule has 13 heteroatoms. The fourth-order valence-corrected chi connectivity index (χ4v) is 5.16. The summed E-state index contributed by atoms with van der Waals surface area (Å²) in [6.45, 7) is 1.66. The van der Waals surface area contributed by atoms with Gasteiger partial charge >= 0.3 is 6.01 Å². The van der Waals surface area contributed by atoms with Crippen molar-refractivity contribution < 1.29 is 36.4 Å². The fraction of sp³-hybridized carbons (Fsp3) is 0.321. The van der Waals surface area contributed by atoms with Crippen molar-refractivity contribution in [3.05, 3.63) is 77.2 Å². The molecule has 1 saturated carbocycles. The van der Waals surface area contributed by atoms with Gasteiger partial charge in [-0.15, -0.1) is 0 Å². The number of nitriles is 1. The van der Waals surface area contributed by atoms with Crippen LogP contribution in [-0.2, 0) is 14.4 Å². The zero-order valence-electron chi connectivity index (χ0n) is 21.6. The number of aryl methyl sites for hydroxylation is 1. The van der Waals surface area contributed by atoms with E-state index in [2.05, 4.69) is 10.3 Å². The number of amides is 3. The summed E-state index contributed by atoms with van der Waals surface area (Å²) in [5.41, 5.74) is 0.471. The van der Waals surface area contributed by atoms with Gasteiger partial charge in [-0.3, -0.25) is 24.2 Å². The van der Waals surface area contributed by atoms with Gasteiger partial charge in [-0.05, 0) is 36.6 Å². The number of nitrogens with zero attached hydrogens (tertiary/aromatic N) is 4. The van der Waals surface area contributed by atoms with Gasteiger partial charge in [0.1, 0.15) is 29.8 Å². The number of nitrogens with one attached hydrogen (secondary N) is 1. The summed E-state index contributed by atoms with van der Waals surface area (Å²) in [6, 6.07) is 6.41. The summed E-state index contributed by atoms with van der Waals surface area (Å²) in [6.07, 6.45) is -0.312. The first-order chi connectivity index (χ1) is 19.5. The first-order valence-electron chi connectivity index (χ1n) is 12.7. The third-order valence-electron chi connectivity index (χ3n) is 7.10. The van der Waals surface area contributed by atoms with Gasteiger partial charge < -0.3 is 9.73 Å². The molecule has 1 N–H and O–H groups in total. The lowest BCUT2D eigenvalue weighted by Crippen LogP contribution is -2.56. The molecule has 1 saturated heterocycles. The predicted molar refractivity (Wildman–Crippen MR) is 136 cm³/mol. The number of hydrogen-bond donors (Lipinski definition) is 1. The van der Waals surface area contributed by atoms with E-state index in [9.17, 15) is 31.9 Å². The van der Waals surface area contributed by atoms with Gasteiger partial charge in [0.25, 0.3) is 11.8 Å². The Morgan fingerprint density at radius 1 is 1.20 bits per heavy atom. The average molecular weight is 570 g/mol. The molecule has 1 aromatic heterocycles. The van der Waals surface area contributed by atoms with Gasteiger partial charge in [0.15, 0.2) is 0 Å². The third-order valence-corrected chi connectivity index (χ3v) is 7.10. The second-order valence-electron chi connectivity index (χ2n) is 10.0. The van der Waals surface area contributed by atoms with E-state index in [0.29, 0.717) is 11.6 Å². The number of carbonyl (C=O) groups excluding carboxylic acids is 3. The molecule has 3 amide bonds. The Kier molecular flexibility index (Phi) is 7.25. The van der Waals surface area contributed by atoms with Crippen LogP contribution in [0.2, 0.25) is 0 Å². The smallest absolute Gasteiger partial charge is 0.306 e. The Balaban J connectivity index is 1.62. The third kappa shape index (κ3) is 5.50. The second kappa shape index (κ2) is 10.7. The summed E-state index contributed by atoms with van der Waals surface area (Å²) in [4.78, 5) is 46.7. The first-order valence-corrected chi connectivity index (χ1v) is 12.7. The molecule has 0 radical (unpaired) electrons. The summed E-state index contributed by atoms with van der Waals surface area (Å²) in [5.74, 6) is -7.55. The van der Waals surface area contributed by atoms with Crippen molar-refractivity contribution in [1.29, 1.82) is 5.26 Å². The summed E-state index contributed by atoms with van der Waals surface area (Å²) >= 11 is 0. The molecule has 2 atom stereocenters. The van der Waals surface area contributed by atoms with Crippen molar-refractivity contribution >= 4 is 29.4 Å². The number of oxazole rings is 1. The van der Waals surface area contributed by atoms with Crippen LogP contribution in [0.25, 0.3) is 0 Å². The van der Waals surface area contributed by atoms with Gasteiger partial charge in [-0.2, -0.15) is 5.26 Å². The minimum Gasteiger partial charge on any atom is -0.412 e. The Hall–Kier alpha value is -4.73. The molecule has 41 heavy (non-hydrogen) atoms. The summed E-state index contributed by atoms with van der Waals surface area (Å²) in [5, 5.41) is 11.7. The van der Waals surface area contributed by atoms with Crippen LogP contribution in [-0.4, -0.2) is 40.7 Å². The molecule has 1 aliphatic carbocycles. The monoisotopic (exact) mass is 569 g/mol. The topological polar surface area (TPSA) is 120 Å². The van der Waals surface area contributed by atoms with Gasteiger partial charge in [0.2, 0.25) is 17.6 Å². The maximum Gasteiger partial charge on any atom is 0.306 e. The number of carbonyl (C=O) groups is 3. The van der Waals surface area contributed by atoms with E-state index in [-0.39, 0.29) is 35.9 Å². The zero-order valence-corrected chi connectivity index (χ0v) is 21.6. The molecule has 5 rings (SSSR count). The molecule has 2 unspecified atom stereocenters. The predicted octanol–water partition coefficient (Wildman–Crippen LogP) is 4.32. The van der Waals surface area contributed by atoms with Gasteiger partial charge in [0, 0.05) is 31.4 Å². The zero-order chi connectivity index (χ0) is 29.5. The fourth-order valence-electron chi connectivity index (χ4n) is 5.16. The number of alkyl halides is 2. The van der Waals surface area contributed by atoms with E-state index < -0.39 is 66.2 Å². The molecule has 1 aliphatic heterocycles. The SMILES string of the molecule is Cc1ccccc1C(C(=O)NC1CC(F)(F)C1)N(C(=O)C1CCC(=O)N1c1ncc(C#N)o1)c1cc(F)cc(F)c1. The normalized spacial score (nSPS) is 18.9. The van der Waals surface area contributed by atoms with Crippen molar-refractivity contribution in [1.82, 2.24) is 10.3 Å². The number of benzene rings is 2. The van der Waals surface area contributed by atoms with Gasteiger partial charge in [-0.1, -0.05) is 24.3 Å². The van der Waals surface area contributed by atoms with Crippen LogP contribution in [0.15, 0.2) is 53.1 Å². The van der Waals surface area contributed by atoms with E-state index in [4.69, 9.17) is 9.68 Å². The van der Waals surface area contributed by atoms with Crippen LogP contribution in [0.1, 0.15) is 48.6 Å². The van der Waals surface area contributed by atoms with Gasteiger partial charge in [0.05, 0.1) is 11.9 Å². The molecule has 0 spiro atoms. The minimum absolute atomic E-state index is 0.0623. The number of anilines is 2. The van der Waals surface area contributed by atoms with E-state index in [1.807, 2.05) is 0 Å². The first kappa shape index (κ1) is 27.8. The van der Waals surface area contributed by atoms with Crippen LogP contribution in [0.5, 0.6) is 0 Å². The molecule has 2 aliphatic rings. The second-order valence-corrected chi connectivity index (χ2v) is 10.0. The van der Waals surface area contributed by atoms with Crippen LogP contribution in [0.3, 0.4) is 0 Å². The Bertz CT molecular complexity index is 1540. The molecular weight excluding hydrogens is 546 g/mol. The van der Waals surface area contributed by atoms with Crippen LogP contribution >= 0.6 is 0 Å². The van der Waals surface area contributed by atoms with E-state index in [0.717, 1.165) is 28.1 Å². The molecule has 9 nitrogen and oxygen atoms in total. The lowest BCUT2D eigenvalue weighted by molar-refractivity contribution is -0.133. The molecule has 3 aromatic rings. The maximum atomic E-state index is 14.5. The molecular formula is C28H23F4N5O4. The lowest BCUT2D eigenvalue weighted by atomic mass is 9.87. The molecule has 2 fully saturated rings. The molecule has 2 aromatic carbocycles. The van der Waals surface area contributed by atoms with Crippen LogP contribution in [0.4, 0.5) is 29.3 Å². The largest absolute Gasteiger partial charge is 0.412 e. The highest BCUT2D eigenvalue weighted by atomic mass is 19.3. The van der Waals surface area contributed by atoms with Crippen molar-refractivity contribution in [2.45, 2.75) is 56.7 Å². The Labute approximate surface area is 231 Å². The van der Waals surface area contributed by atoms with Crippen molar-refractivity contribution in [3.63, 3.8) is 0 Å². The number of halogens is 4. The van der Waals surface area contributed by atoms with Crippen molar-refractivity contribution in [2.75, 3.05) is 9.80 Å². The van der Waals surface area contributed by atoms with Crippen LogP contribution < -0.4 is 15.1 Å². The average Bonchev–Trinajstić information content (AvgIpc) is 3.51. The molecule has 0 bridgehead atoms. The summed E-state index contributed by atoms with van der Waals surface area (Å²) in [7, 11) is 0. The van der Waals surface area contributed by atoms with E-state index >= 15 is 0 Å². The Morgan fingerprint density at radius 2 is 1.88 bits per heavy atom. The summed E-state index contributed by atoms with van der Waals surface area (Å²) < 4.78 is 61.4. The number of rotatable bonds is 7. The molecule has 212 valence electrons. The van der Waals surface area contributed by atoms with E-state index in [1.54, 1.807) is 31.2 Å². The van der Waals surface area contributed by atoms with Crippen LogP contribution in [0, 0.1) is 29.9 Å². The number of aromatic nitrogens is 1. The highest BCUT2D eigenvalue weighted by molar-refractivity contribution is 6.10. The quantitative estimate of drug-likeness (QED) is 0.424. The van der Waals surface area contributed by atoms with Crippen molar-refractivity contribution in [3.8, 4) is 6.07 Å². The minimum atomic E-state index is -2.94. The maximum absolute atomic E-state index is 14.5. The standard InChI is InChI=1S/C28H23F4N5O4/c1-15-4-2-3-5-21(15)24(25(39)35-18-11-28(31,32)12-18)36(19-9-16(29)8-17(30)10-19)26(40)22-6-7-23(38)37(22)27-34-14-20(13-33)41-27/h2-5,8-10,14,18,22,24H,6-7,11-12H2,1H3,(H,35,39). The van der Waals surface area contributed by atoms with Gasteiger partial charge in [-0.25, -0.2) is 22.5 Å². The highest BCUT2D eigenvalue weighted by Crippen LogP contribution is 2.39. The van der Waals surface area contributed by atoms with Crippen molar-refractivity contribution in [2.24, 2.45) is 0 Å². The van der Waals surface area contributed by atoms with E-state index in [1.165, 1.54) is 6.07 Å². The highest BCUT2D eigenvalue weighted by Gasteiger charge is 2.49. The lowest BCUT2D eigenvalue weighted by Gasteiger charge is -2.39. The number of hydrogen-bond acceptors (Lipinski definition) is 6.